The summed E-state index contributed by atoms with van der Waals surface area (Å²) in [5, 5.41) is 22.7. The SMILES string of the molecule is CCCCCCC/C=C/C(O)C(CO)NC(=O)CCCCCCCCCCCCCCCCCCCCCCCCCCCCCC. The molecule has 0 fully saturated rings. The van der Waals surface area contributed by atoms with Crippen molar-refractivity contribution in [2.45, 2.75) is 251 Å². The maximum absolute atomic E-state index is 12.3. The molecule has 1 amide bonds. The van der Waals surface area contributed by atoms with Crippen LogP contribution in [0.5, 0.6) is 0 Å². The van der Waals surface area contributed by atoms with Crippen LogP contribution in [0.3, 0.4) is 0 Å². The van der Waals surface area contributed by atoms with Gasteiger partial charge in [-0.1, -0.05) is 225 Å². The van der Waals surface area contributed by atoms with Crippen LogP contribution in [-0.4, -0.2) is 34.9 Å². The number of hydrogen-bond donors (Lipinski definition) is 3. The second-order valence-corrected chi connectivity index (χ2v) is 14.8. The third-order valence-electron chi connectivity index (χ3n) is 10.0. The van der Waals surface area contributed by atoms with Crippen LogP contribution in [0.1, 0.15) is 239 Å². The first-order valence-corrected chi connectivity index (χ1v) is 21.4. The van der Waals surface area contributed by atoms with Crippen LogP contribution in [-0.2, 0) is 4.79 Å². The van der Waals surface area contributed by atoms with Crippen LogP contribution in [0, 0.1) is 0 Å². The van der Waals surface area contributed by atoms with Gasteiger partial charge >= 0.3 is 0 Å². The highest BCUT2D eigenvalue weighted by Gasteiger charge is 2.17. The van der Waals surface area contributed by atoms with Gasteiger partial charge in [-0.25, -0.2) is 0 Å². The predicted octanol–water partition coefficient (Wildman–Crippen LogP) is 13.1. The molecule has 47 heavy (non-hydrogen) atoms. The molecule has 0 aromatic rings. The number of unbranched alkanes of at least 4 members (excludes halogenated alkanes) is 32. The van der Waals surface area contributed by atoms with Gasteiger partial charge in [-0.15, -0.1) is 0 Å². The molecule has 3 N–H and O–H groups in total. The molecule has 2 unspecified atom stereocenters. The third-order valence-corrected chi connectivity index (χ3v) is 10.0. The van der Waals surface area contributed by atoms with Crippen molar-refractivity contribution in [3.63, 3.8) is 0 Å². The van der Waals surface area contributed by atoms with Crippen molar-refractivity contribution in [3.05, 3.63) is 12.2 Å². The number of hydrogen-bond acceptors (Lipinski definition) is 3. The predicted molar refractivity (Wildman–Crippen MR) is 207 cm³/mol. The highest BCUT2D eigenvalue weighted by molar-refractivity contribution is 5.76. The summed E-state index contributed by atoms with van der Waals surface area (Å²) in [4.78, 5) is 12.3. The summed E-state index contributed by atoms with van der Waals surface area (Å²) >= 11 is 0. The molecule has 0 aromatic heterocycles. The molecule has 0 heterocycles. The van der Waals surface area contributed by atoms with E-state index in [-0.39, 0.29) is 12.5 Å². The topological polar surface area (TPSA) is 69.6 Å². The van der Waals surface area contributed by atoms with Gasteiger partial charge in [-0.2, -0.15) is 0 Å². The number of carbonyl (C=O) groups excluding carboxylic acids is 1. The van der Waals surface area contributed by atoms with Crippen LogP contribution in [0.4, 0.5) is 0 Å². The van der Waals surface area contributed by atoms with Gasteiger partial charge in [-0.05, 0) is 19.3 Å². The standard InChI is InChI=1S/C43H85NO3/c1-3-5-7-9-11-12-13-14-15-16-17-18-19-20-21-22-23-24-25-26-27-28-29-30-31-33-35-37-39-43(47)44-41(40-45)42(46)38-36-34-32-10-8-6-4-2/h36,38,41-42,45-46H,3-35,37,39-40H2,1-2H3,(H,44,47)/b38-36+. The Morgan fingerprint density at radius 2 is 0.787 bits per heavy atom. The molecule has 4 nitrogen and oxygen atoms in total. The zero-order valence-corrected chi connectivity index (χ0v) is 32.1. The molecular weight excluding hydrogens is 578 g/mol. The Hall–Kier alpha value is -0.870. The monoisotopic (exact) mass is 664 g/mol. The molecule has 0 bridgehead atoms. The summed E-state index contributed by atoms with van der Waals surface area (Å²) in [7, 11) is 0. The summed E-state index contributed by atoms with van der Waals surface area (Å²) in [6, 6.07) is -0.613. The van der Waals surface area contributed by atoms with Crippen molar-refractivity contribution in [3.8, 4) is 0 Å². The van der Waals surface area contributed by atoms with Crippen LogP contribution < -0.4 is 5.32 Å². The van der Waals surface area contributed by atoms with Crippen LogP contribution >= 0.6 is 0 Å². The number of aliphatic hydroxyl groups excluding tert-OH is 2. The Bertz CT molecular complexity index is 637. The van der Waals surface area contributed by atoms with E-state index in [0.29, 0.717) is 6.42 Å². The summed E-state index contributed by atoms with van der Waals surface area (Å²) in [5.41, 5.74) is 0. The Kier molecular flexibility index (Phi) is 38.8. The van der Waals surface area contributed by atoms with Gasteiger partial charge in [0.2, 0.25) is 5.91 Å². The smallest absolute Gasteiger partial charge is 0.220 e. The highest BCUT2D eigenvalue weighted by atomic mass is 16.3. The maximum atomic E-state index is 12.3. The van der Waals surface area contributed by atoms with Crippen molar-refractivity contribution in [1.82, 2.24) is 5.32 Å². The lowest BCUT2D eigenvalue weighted by Gasteiger charge is -2.20. The van der Waals surface area contributed by atoms with E-state index in [9.17, 15) is 15.0 Å². The minimum atomic E-state index is -0.830. The van der Waals surface area contributed by atoms with Gasteiger partial charge < -0.3 is 15.5 Å². The number of allylic oxidation sites excluding steroid dienone is 1. The molecule has 0 aromatic carbocycles. The van der Waals surface area contributed by atoms with E-state index in [1.54, 1.807) is 6.08 Å². The van der Waals surface area contributed by atoms with Gasteiger partial charge in [0.25, 0.3) is 0 Å². The lowest BCUT2D eigenvalue weighted by Crippen LogP contribution is -2.45. The van der Waals surface area contributed by atoms with E-state index in [1.165, 1.54) is 193 Å². The molecule has 0 spiro atoms. The molecule has 4 heteroatoms. The summed E-state index contributed by atoms with van der Waals surface area (Å²) in [6.07, 6.45) is 49.2. The number of rotatable bonds is 39. The zero-order chi connectivity index (χ0) is 34.3. The summed E-state index contributed by atoms with van der Waals surface area (Å²) < 4.78 is 0. The first kappa shape index (κ1) is 46.1. The lowest BCUT2D eigenvalue weighted by molar-refractivity contribution is -0.123. The van der Waals surface area contributed by atoms with Gasteiger partial charge in [0, 0.05) is 6.42 Å². The van der Waals surface area contributed by atoms with E-state index < -0.39 is 12.1 Å². The molecule has 0 aliphatic carbocycles. The van der Waals surface area contributed by atoms with Crippen LogP contribution in [0.2, 0.25) is 0 Å². The van der Waals surface area contributed by atoms with Gasteiger partial charge in [0.05, 0.1) is 18.8 Å². The molecule has 0 saturated heterocycles. The molecule has 280 valence electrons. The van der Waals surface area contributed by atoms with E-state index in [4.69, 9.17) is 0 Å². The summed E-state index contributed by atoms with van der Waals surface area (Å²) in [6.45, 7) is 4.27. The van der Waals surface area contributed by atoms with Crippen LogP contribution in [0.25, 0.3) is 0 Å². The average Bonchev–Trinajstić information content (AvgIpc) is 3.07. The van der Waals surface area contributed by atoms with Crippen molar-refractivity contribution >= 4 is 5.91 Å². The molecule has 0 radical (unpaired) electrons. The molecular formula is C43H85NO3. The Morgan fingerprint density at radius 1 is 0.489 bits per heavy atom. The summed E-state index contributed by atoms with van der Waals surface area (Å²) in [5.74, 6) is -0.0640. The van der Waals surface area contributed by atoms with E-state index in [0.717, 1.165) is 25.7 Å². The van der Waals surface area contributed by atoms with Crippen LogP contribution in [0.15, 0.2) is 12.2 Å². The van der Waals surface area contributed by atoms with E-state index in [2.05, 4.69) is 19.2 Å². The molecule has 0 aliphatic rings. The number of nitrogens with one attached hydrogen (secondary N) is 1. The fourth-order valence-corrected chi connectivity index (χ4v) is 6.71. The second kappa shape index (κ2) is 39.6. The first-order chi connectivity index (χ1) is 23.2. The van der Waals surface area contributed by atoms with Crippen molar-refractivity contribution in [2.24, 2.45) is 0 Å². The minimum absolute atomic E-state index is 0.0640. The first-order valence-electron chi connectivity index (χ1n) is 21.4. The van der Waals surface area contributed by atoms with Crippen molar-refractivity contribution < 1.29 is 15.0 Å². The number of amides is 1. The molecule has 0 aliphatic heterocycles. The largest absolute Gasteiger partial charge is 0.394 e. The maximum Gasteiger partial charge on any atom is 0.220 e. The molecule has 2 atom stereocenters. The quantitative estimate of drug-likeness (QED) is 0.0453. The van der Waals surface area contributed by atoms with Gasteiger partial charge in [0.15, 0.2) is 0 Å². The van der Waals surface area contributed by atoms with Crippen molar-refractivity contribution in [2.75, 3.05) is 6.61 Å². The Morgan fingerprint density at radius 3 is 1.11 bits per heavy atom. The highest BCUT2D eigenvalue weighted by Crippen LogP contribution is 2.16. The number of aliphatic hydroxyl groups is 2. The fourth-order valence-electron chi connectivity index (χ4n) is 6.71. The normalized spacial score (nSPS) is 13.0. The second-order valence-electron chi connectivity index (χ2n) is 14.8. The Balaban J connectivity index is 3.36. The minimum Gasteiger partial charge on any atom is -0.394 e. The Labute approximate surface area is 295 Å². The van der Waals surface area contributed by atoms with E-state index >= 15 is 0 Å². The van der Waals surface area contributed by atoms with Gasteiger partial charge in [0.1, 0.15) is 0 Å². The molecule has 0 saturated carbocycles. The average molecular weight is 664 g/mol. The number of carbonyl (C=O) groups is 1. The third kappa shape index (κ3) is 36.2. The zero-order valence-electron chi connectivity index (χ0n) is 32.1. The fraction of sp³-hybridized carbons (Fsp3) is 0.930. The lowest BCUT2D eigenvalue weighted by atomic mass is 10.0. The van der Waals surface area contributed by atoms with E-state index in [1.807, 2.05) is 6.08 Å². The van der Waals surface area contributed by atoms with Gasteiger partial charge in [-0.3, -0.25) is 4.79 Å². The van der Waals surface area contributed by atoms with Crippen molar-refractivity contribution in [1.29, 1.82) is 0 Å². The molecule has 0 rings (SSSR count).